The lowest BCUT2D eigenvalue weighted by Crippen LogP contribution is -2.46. The molecule has 2 aliphatic heterocycles. The fourth-order valence-corrected chi connectivity index (χ4v) is 5.07. The van der Waals surface area contributed by atoms with Gasteiger partial charge in [0, 0.05) is 54.2 Å². The molecule has 2 fully saturated rings. The number of anilines is 1. The highest BCUT2D eigenvalue weighted by atomic mass is 35.5. The fourth-order valence-electron chi connectivity index (χ4n) is 3.60. The van der Waals surface area contributed by atoms with E-state index in [-0.39, 0.29) is 11.9 Å². The molecule has 0 bridgehead atoms. The van der Waals surface area contributed by atoms with Crippen molar-refractivity contribution in [2.45, 2.75) is 25.3 Å². The van der Waals surface area contributed by atoms with Crippen LogP contribution >= 0.6 is 35.0 Å². The van der Waals surface area contributed by atoms with Crippen molar-refractivity contribution in [1.29, 1.82) is 0 Å². The van der Waals surface area contributed by atoms with Gasteiger partial charge in [-0.1, -0.05) is 29.6 Å². The molecule has 3 rings (SSSR count). The first-order valence-electron chi connectivity index (χ1n) is 9.58. The zero-order valence-corrected chi connectivity index (χ0v) is 17.9. The van der Waals surface area contributed by atoms with Gasteiger partial charge < -0.3 is 15.5 Å². The van der Waals surface area contributed by atoms with E-state index in [1.807, 2.05) is 17.0 Å². The number of hydrogen-bond donors (Lipinski definition) is 1. The first kappa shape index (κ1) is 21.1. The molecule has 1 aromatic rings. The molecule has 1 aromatic carbocycles. The Labute approximate surface area is 176 Å². The van der Waals surface area contributed by atoms with Gasteiger partial charge in [-0.2, -0.15) is 0 Å². The summed E-state index contributed by atoms with van der Waals surface area (Å²) in [5.41, 5.74) is 7.18. The van der Waals surface area contributed by atoms with Crippen LogP contribution in [0.2, 0.25) is 10.0 Å². The topological polar surface area (TPSA) is 52.8 Å². The van der Waals surface area contributed by atoms with E-state index < -0.39 is 0 Å². The Hall–Kier alpha value is -0.660. The predicted molar refractivity (Wildman–Crippen MR) is 116 cm³/mol. The molecule has 1 amide bonds. The molecule has 0 aromatic heterocycles. The molecule has 2 aliphatic rings. The molecular formula is C19H28Cl2N4OS. The van der Waals surface area contributed by atoms with E-state index in [0.29, 0.717) is 10.0 Å². The predicted octanol–water partition coefficient (Wildman–Crippen LogP) is 3.15. The van der Waals surface area contributed by atoms with Crippen molar-refractivity contribution >= 4 is 46.6 Å². The van der Waals surface area contributed by atoms with E-state index in [9.17, 15) is 4.79 Å². The van der Waals surface area contributed by atoms with Crippen LogP contribution in [0.1, 0.15) is 19.3 Å². The maximum absolute atomic E-state index is 12.2. The van der Waals surface area contributed by atoms with Crippen LogP contribution in [0, 0.1) is 0 Å². The second kappa shape index (κ2) is 10.2. The molecule has 5 nitrogen and oxygen atoms in total. The second-order valence-electron chi connectivity index (χ2n) is 7.20. The van der Waals surface area contributed by atoms with Crippen LogP contribution in [0.25, 0.3) is 0 Å². The van der Waals surface area contributed by atoms with Crippen LogP contribution in [0.15, 0.2) is 18.2 Å². The number of thioether (sulfide) groups is 1. The Morgan fingerprint density at radius 3 is 2.41 bits per heavy atom. The van der Waals surface area contributed by atoms with Gasteiger partial charge in [0.2, 0.25) is 5.91 Å². The normalized spacial score (nSPS) is 19.5. The Bertz CT molecular complexity index is 614. The van der Waals surface area contributed by atoms with Gasteiger partial charge in [0.25, 0.3) is 0 Å². The minimum atomic E-state index is -0.340. The Morgan fingerprint density at radius 2 is 1.78 bits per heavy atom. The molecule has 1 unspecified atom stereocenters. The second-order valence-corrected chi connectivity index (χ2v) is 9.15. The summed E-state index contributed by atoms with van der Waals surface area (Å²) >= 11 is 14.0. The summed E-state index contributed by atoms with van der Waals surface area (Å²) in [6.45, 7) is 5.91. The smallest absolute Gasteiger partial charge is 0.240 e. The van der Waals surface area contributed by atoms with Crippen molar-refractivity contribution in [3.8, 4) is 0 Å². The van der Waals surface area contributed by atoms with Crippen molar-refractivity contribution in [2.75, 3.05) is 55.8 Å². The van der Waals surface area contributed by atoms with E-state index >= 15 is 0 Å². The highest BCUT2D eigenvalue weighted by molar-refractivity contribution is 7.99. The van der Waals surface area contributed by atoms with E-state index in [4.69, 9.17) is 28.9 Å². The Morgan fingerprint density at radius 1 is 1.07 bits per heavy atom. The standard InChI is InChI=1S/C19H28Cl2N4OS/c20-15-11-16(21)13-17(12-15)24-7-5-23(6-8-24)4-2-1-3-18(22)19(26)25-9-10-27-14-25/h11-13,18H,1-10,14,22H2. The van der Waals surface area contributed by atoms with Crippen LogP contribution in [0.3, 0.4) is 0 Å². The quantitative estimate of drug-likeness (QED) is 0.673. The molecule has 0 spiro atoms. The number of benzene rings is 1. The molecule has 1 atom stereocenters. The number of nitrogens with zero attached hydrogens (tertiary/aromatic N) is 3. The third kappa shape index (κ3) is 6.16. The number of rotatable bonds is 7. The summed E-state index contributed by atoms with van der Waals surface area (Å²) in [6, 6.07) is 5.37. The number of carbonyl (C=O) groups is 1. The molecule has 2 N–H and O–H groups in total. The minimum Gasteiger partial charge on any atom is -0.369 e. The van der Waals surface area contributed by atoms with Crippen molar-refractivity contribution in [2.24, 2.45) is 5.73 Å². The SMILES string of the molecule is NC(CCCCN1CCN(c2cc(Cl)cc(Cl)c2)CC1)C(=O)N1CCSC1. The van der Waals surface area contributed by atoms with Crippen molar-refractivity contribution < 1.29 is 4.79 Å². The summed E-state index contributed by atoms with van der Waals surface area (Å²) < 4.78 is 0. The van der Waals surface area contributed by atoms with Crippen LogP contribution < -0.4 is 10.6 Å². The minimum absolute atomic E-state index is 0.119. The molecule has 8 heteroatoms. The number of halogens is 2. The van der Waals surface area contributed by atoms with Gasteiger partial charge in [0.1, 0.15) is 0 Å². The third-order valence-corrected chi connectivity index (χ3v) is 6.61. The van der Waals surface area contributed by atoms with Gasteiger partial charge in [0.15, 0.2) is 0 Å². The van der Waals surface area contributed by atoms with Gasteiger partial charge in [-0.05, 0) is 37.6 Å². The molecule has 0 radical (unpaired) electrons. The maximum atomic E-state index is 12.2. The highest BCUT2D eigenvalue weighted by Gasteiger charge is 2.23. The van der Waals surface area contributed by atoms with Crippen LogP contribution in [-0.2, 0) is 4.79 Å². The lowest BCUT2D eigenvalue weighted by atomic mass is 10.1. The number of nitrogens with two attached hydrogens (primary N) is 1. The molecule has 2 heterocycles. The Balaban J connectivity index is 1.33. The van der Waals surface area contributed by atoms with E-state index in [1.165, 1.54) is 0 Å². The summed E-state index contributed by atoms with van der Waals surface area (Å²) in [5.74, 6) is 1.95. The summed E-state index contributed by atoms with van der Waals surface area (Å²) in [4.78, 5) is 18.9. The number of carbonyl (C=O) groups excluding carboxylic acids is 1. The van der Waals surface area contributed by atoms with E-state index in [2.05, 4.69) is 9.80 Å². The largest absolute Gasteiger partial charge is 0.369 e. The molecule has 150 valence electrons. The van der Waals surface area contributed by atoms with Crippen molar-refractivity contribution in [1.82, 2.24) is 9.80 Å². The van der Waals surface area contributed by atoms with E-state index in [0.717, 1.165) is 75.8 Å². The average molecular weight is 431 g/mol. The van der Waals surface area contributed by atoms with Gasteiger partial charge in [-0.3, -0.25) is 9.69 Å². The van der Waals surface area contributed by atoms with Gasteiger partial charge in [-0.15, -0.1) is 11.8 Å². The third-order valence-electron chi connectivity index (χ3n) is 5.21. The fraction of sp³-hybridized carbons (Fsp3) is 0.632. The number of amides is 1. The van der Waals surface area contributed by atoms with E-state index in [1.54, 1.807) is 17.8 Å². The van der Waals surface area contributed by atoms with Gasteiger partial charge in [-0.25, -0.2) is 0 Å². The van der Waals surface area contributed by atoms with Gasteiger partial charge in [0.05, 0.1) is 11.9 Å². The summed E-state index contributed by atoms with van der Waals surface area (Å²) in [5, 5.41) is 1.36. The van der Waals surface area contributed by atoms with Crippen LogP contribution in [0.4, 0.5) is 5.69 Å². The lowest BCUT2D eigenvalue weighted by molar-refractivity contribution is -0.131. The maximum Gasteiger partial charge on any atom is 0.240 e. The zero-order valence-electron chi connectivity index (χ0n) is 15.6. The number of hydrogen-bond acceptors (Lipinski definition) is 5. The molecule has 0 aliphatic carbocycles. The molecular weight excluding hydrogens is 403 g/mol. The average Bonchev–Trinajstić information content (AvgIpc) is 3.19. The summed E-state index contributed by atoms with van der Waals surface area (Å²) in [6.07, 6.45) is 2.86. The van der Waals surface area contributed by atoms with Crippen LogP contribution in [0.5, 0.6) is 0 Å². The highest BCUT2D eigenvalue weighted by Crippen LogP contribution is 2.26. The first-order chi connectivity index (χ1) is 13.0. The van der Waals surface area contributed by atoms with Gasteiger partial charge >= 0.3 is 0 Å². The molecule has 0 saturated carbocycles. The zero-order chi connectivity index (χ0) is 19.2. The molecule has 27 heavy (non-hydrogen) atoms. The van der Waals surface area contributed by atoms with Crippen LogP contribution in [-0.4, -0.2) is 72.6 Å². The van der Waals surface area contributed by atoms with Crippen molar-refractivity contribution in [3.63, 3.8) is 0 Å². The number of unbranched alkanes of at least 4 members (excludes halogenated alkanes) is 1. The lowest BCUT2D eigenvalue weighted by Gasteiger charge is -2.36. The van der Waals surface area contributed by atoms with Crippen molar-refractivity contribution in [3.05, 3.63) is 28.2 Å². The first-order valence-corrected chi connectivity index (χ1v) is 11.5. The Kier molecular flexibility index (Phi) is 7.97. The summed E-state index contributed by atoms with van der Waals surface area (Å²) in [7, 11) is 0. The number of piperazine rings is 1. The monoisotopic (exact) mass is 430 g/mol. The molecule has 2 saturated heterocycles.